The normalized spacial score (nSPS) is 18.4. The van der Waals surface area contributed by atoms with Crippen LogP contribution in [0.2, 0.25) is 0 Å². The fourth-order valence-corrected chi connectivity index (χ4v) is 4.47. The van der Waals surface area contributed by atoms with Crippen LogP contribution in [0.15, 0.2) is 30.5 Å². The van der Waals surface area contributed by atoms with E-state index in [1.807, 2.05) is 18.3 Å². The van der Waals surface area contributed by atoms with Crippen molar-refractivity contribution in [3.8, 4) is 5.75 Å². The molecule has 1 aliphatic heterocycles. The topological polar surface area (TPSA) is 95.0 Å². The molecule has 1 aliphatic carbocycles. The summed E-state index contributed by atoms with van der Waals surface area (Å²) in [4.78, 5) is 19.1. The van der Waals surface area contributed by atoms with Crippen LogP contribution in [-0.2, 0) is 4.74 Å². The number of nitrogens with zero attached hydrogens (tertiary/aromatic N) is 4. The Hall–Kier alpha value is -3.20. The Labute approximate surface area is 185 Å². The minimum absolute atomic E-state index is 0.0479. The number of fused-ring (bicyclic) bond motifs is 1. The average molecular weight is 439 g/mol. The Balaban J connectivity index is 1.48. The first kappa shape index (κ1) is 20.7. The molecule has 1 aromatic carbocycles. The lowest BCUT2D eigenvalue weighted by atomic mass is 10.0. The molecule has 0 spiro atoms. The maximum absolute atomic E-state index is 14.3. The van der Waals surface area contributed by atoms with Crippen LogP contribution in [0, 0.1) is 5.82 Å². The van der Waals surface area contributed by atoms with Gasteiger partial charge >= 0.3 is 0 Å². The van der Waals surface area contributed by atoms with Crippen LogP contribution in [0.25, 0.3) is 5.65 Å². The van der Waals surface area contributed by atoms with Crippen LogP contribution in [0.3, 0.4) is 0 Å². The molecule has 2 aliphatic rings. The van der Waals surface area contributed by atoms with Crippen LogP contribution in [0.1, 0.15) is 59.3 Å². The smallest absolute Gasteiger partial charge is 0.254 e. The second kappa shape index (κ2) is 8.38. The number of aromatic nitrogens is 3. The number of amides is 1. The summed E-state index contributed by atoms with van der Waals surface area (Å²) >= 11 is 0. The number of nitrogens with two attached hydrogens (primary N) is 1. The zero-order valence-corrected chi connectivity index (χ0v) is 18.0. The number of benzene rings is 1. The van der Waals surface area contributed by atoms with Gasteiger partial charge in [-0.15, -0.1) is 0 Å². The molecule has 9 heteroatoms. The molecular weight excluding hydrogens is 413 g/mol. The van der Waals surface area contributed by atoms with Gasteiger partial charge in [-0.3, -0.25) is 4.79 Å². The summed E-state index contributed by atoms with van der Waals surface area (Å²) in [7, 11) is 1.60. The summed E-state index contributed by atoms with van der Waals surface area (Å²) in [6.45, 7) is 1.56. The lowest BCUT2D eigenvalue weighted by Crippen LogP contribution is -2.24. The molecule has 1 amide bonds. The lowest BCUT2D eigenvalue weighted by molar-refractivity contribution is 0.100. The predicted molar refractivity (Wildman–Crippen MR) is 117 cm³/mol. The van der Waals surface area contributed by atoms with E-state index in [1.165, 1.54) is 6.07 Å². The van der Waals surface area contributed by atoms with Crippen molar-refractivity contribution in [3.63, 3.8) is 0 Å². The van der Waals surface area contributed by atoms with Gasteiger partial charge < -0.3 is 20.1 Å². The van der Waals surface area contributed by atoms with Gasteiger partial charge in [-0.2, -0.15) is 5.10 Å². The van der Waals surface area contributed by atoms with Gasteiger partial charge in [-0.25, -0.2) is 13.9 Å². The lowest BCUT2D eigenvalue weighted by Gasteiger charge is -2.26. The maximum atomic E-state index is 14.3. The van der Waals surface area contributed by atoms with Crippen molar-refractivity contribution in [2.75, 3.05) is 31.8 Å². The quantitative estimate of drug-likeness (QED) is 0.542. The number of methoxy groups -OCH3 is 1. The highest BCUT2D eigenvalue weighted by molar-refractivity contribution is 6.00. The Morgan fingerprint density at radius 1 is 1.25 bits per heavy atom. The van der Waals surface area contributed by atoms with Gasteiger partial charge in [0.25, 0.3) is 5.91 Å². The van der Waals surface area contributed by atoms with E-state index < -0.39 is 5.91 Å². The number of carbonyl (C=O) groups is 1. The zero-order valence-electron chi connectivity index (χ0n) is 18.0. The first-order valence-corrected chi connectivity index (χ1v) is 10.9. The number of hydrogen-bond acceptors (Lipinski definition) is 6. The third-order valence-corrected chi connectivity index (χ3v) is 6.09. The molecule has 0 bridgehead atoms. The van der Waals surface area contributed by atoms with E-state index in [2.05, 4.69) is 10.00 Å². The Morgan fingerprint density at radius 2 is 2.09 bits per heavy atom. The SMILES string of the molecule is COCCOc1cc(F)cc(C2CCCN2c2ccn3nc(C4CC4)c(C(N)=O)c3n2)c1. The summed E-state index contributed by atoms with van der Waals surface area (Å²) in [5, 5.41) is 4.56. The summed E-state index contributed by atoms with van der Waals surface area (Å²) in [5.74, 6) is 0.633. The molecule has 5 rings (SSSR count). The number of primary amides is 1. The molecule has 1 saturated heterocycles. The van der Waals surface area contributed by atoms with Crippen molar-refractivity contribution in [2.24, 2.45) is 5.73 Å². The molecule has 1 saturated carbocycles. The fourth-order valence-electron chi connectivity index (χ4n) is 4.47. The molecule has 3 aromatic rings. The molecule has 168 valence electrons. The van der Waals surface area contributed by atoms with Crippen molar-refractivity contribution < 1.29 is 18.7 Å². The van der Waals surface area contributed by atoms with E-state index in [1.54, 1.807) is 17.7 Å². The van der Waals surface area contributed by atoms with Crippen LogP contribution in [0.4, 0.5) is 10.2 Å². The third-order valence-electron chi connectivity index (χ3n) is 6.09. The van der Waals surface area contributed by atoms with E-state index >= 15 is 0 Å². The standard InChI is InChI=1S/C23H26FN5O3/c1-31-9-10-32-17-12-15(11-16(24)13-17)18-3-2-7-28(18)19-6-8-29-23(26-19)20(22(25)30)21(27-29)14-4-5-14/h6,8,11-14,18H,2-5,7,9-10H2,1H3,(H2,25,30). The number of carbonyl (C=O) groups excluding carboxylic acids is 1. The summed E-state index contributed by atoms with van der Waals surface area (Å²) in [6, 6.07) is 6.64. The maximum Gasteiger partial charge on any atom is 0.254 e. The number of hydrogen-bond donors (Lipinski definition) is 1. The van der Waals surface area contributed by atoms with Gasteiger partial charge in [-0.05, 0) is 49.4 Å². The van der Waals surface area contributed by atoms with Crippen LogP contribution in [-0.4, -0.2) is 47.4 Å². The predicted octanol–water partition coefficient (Wildman–Crippen LogP) is 3.21. The van der Waals surface area contributed by atoms with E-state index in [4.69, 9.17) is 20.2 Å². The molecule has 1 unspecified atom stereocenters. The van der Waals surface area contributed by atoms with Crippen molar-refractivity contribution in [2.45, 2.75) is 37.6 Å². The molecule has 2 aromatic heterocycles. The second-order valence-electron chi connectivity index (χ2n) is 8.37. The van der Waals surface area contributed by atoms with E-state index in [0.717, 1.165) is 49.3 Å². The first-order chi connectivity index (χ1) is 15.5. The molecule has 2 N–H and O–H groups in total. The van der Waals surface area contributed by atoms with Gasteiger partial charge in [0.15, 0.2) is 5.65 Å². The number of anilines is 1. The molecule has 32 heavy (non-hydrogen) atoms. The average Bonchev–Trinajstić information content (AvgIpc) is 3.36. The molecule has 0 radical (unpaired) electrons. The van der Waals surface area contributed by atoms with E-state index in [9.17, 15) is 9.18 Å². The van der Waals surface area contributed by atoms with E-state index in [-0.39, 0.29) is 17.8 Å². The summed E-state index contributed by atoms with van der Waals surface area (Å²) in [6.07, 6.45) is 5.65. The monoisotopic (exact) mass is 439 g/mol. The largest absolute Gasteiger partial charge is 0.491 e. The van der Waals surface area contributed by atoms with Crippen molar-refractivity contribution in [1.29, 1.82) is 0 Å². The molecular formula is C23H26FN5O3. The highest BCUT2D eigenvalue weighted by Gasteiger charge is 2.34. The van der Waals surface area contributed by atoms with Gasteiger partial charge in [-0.1, -0.05) is 0 Å². The molecule has 2 fully saturated rings. The Bertz CT molecular complexity index is 1160. The van der Waals surface area contributed by atoms with Crippen molar-refractivity contribution in [1.82, 2.24) is 14.6 Å². The van der Waals surface area contributed by atoms with Crippen LogP contribution in [0.5, 0.6) is 5.75 Å². The molecule has 1 atom stereocenters. The number of ether oxygens (including phenoxy) is 2. The fraction of sp³-hybridized carbons (Fsp3) is 0.435. The van der Waals surface area contributed by atoms with Gasteiger partial charge in [0.1, 0.15) is 29.6 Å². The highest BCUT2D eigenvalue weighted by Crippen LogP contribution is 2.42. The number of halogens is 1. The van der Waals surface area contributed by atoms with Gasteiger partial charge in [0.2, 0.25) is 0 Å². The number of rotatable bonds is 8. The highest BCUT2D eigenvalue weighted by atomic mass is 19.1. The minimum Gasteiger partial charge on any atom is -0.491 e. The third kappa shape index (κ3) is 3.88. The minimum atomic E-state index is -0.507. The summed E-state index contributed by atoms with van der Waals surface area (Å²) < 4.78 is 26.6. The Kier molecular flexibility index (Phi) is 5.42. The van der Waals surface area contributed by atoms with Crippen LogP contribution < -0.4 is 15.4 Å². The van der Waals surface area contributed by atoms with Crippen LogP contribution >= 0.6 is 0 Å². The molecule has 8 nitrogen and oxygen atoms in total. The van der Waals surface area contributed by atoms with Gasteiger partial charge in [0.05, 0.1) is 18.3 Å². The second-order valence-corrected chi connectivity index (χ2v) is 8.37. The Morgan fingerprint density at radius 3 is 2.84 bits per heavy atom. The van der Waals surface area contributed by atoms with Crippen molar-refractivity contribution in [3.05, 3.63) is 53.1 Å². The summed E-state index contributed by atoms with van der Waals surface area (Å²) in [5.41, 5.74) is 8.14. The first-order valence-electron chi connectivity index (χ1n) is 10.9. The van der Waals surface area contributed by atoms with Gasteiger partial charge in [0, 0.05) is 31.8 Å². The van der Waals surface area contributed by atoms with Crippen molar-refractivity contribution >= 4 is 17.4 Å². The zero-order chi connectivity index (χ0) is 22.2. The van der Waals surface area contributed by atoms with E-state index in [0.29, 0.717) is 30.2 Å². The molecule has 3 heterocycles.